The molecule has 2 aliphatic rings. The molecule has 0 fully saturated rings. The third-order valence-corrected chi connectivity index (χ3v) is 9.25. The Bertz CT molecular complexity index is 2200. The van der Waals surface area contributed by atoms with E-state index in [-0.39, 0.29) is 5.76 Å². The molecular weight excluding hydrogens is 556 g/mol. The second-order valence-corrected chi connectivity index (χ2v) is 11.5. The number of H-pyrrole nitrogens is 4. The summed E-state index contributed by atoms with van der Waals surface area (Å²) in [5.74, 6) is -2.91. The van der Waals surface area contributed by atoms with Crippen molar-refractivity contribution in [1.29, 1.82) is 0 Å². The van der Waals surface area contributed by atoms with E-state index in [2.05, 4.69) is 53.4 Å². The number of hydrogen-bond donors (Lipinski definition) is 6. The van der Waals surface area contributed by atoms with Gasteiger partial charge in [-0.3, -0.25) is 4.79 Å². The molecule has 44 heavy (non-hydrogen) atoms. The van der Waals surface area contributed by atoms with Gasteiger partial charge in [-0.15, -0.1) is 0 Å². The van der Waals surface area contributed by atoms with Crippen LogP contribution in [-0.2, 0) is 27.2 Å². The minimum absolute atomic E-state index is 0.105. The van der Waals surface area contributed by atoms with Crippen LogP contribution < -0.4 is 21.3 Å². The monoisotopic (exact) mass is 592 g/mol. The van der Waals surface area contributed by atoms with Crippen molar-refractivity contribution >= 4 is 47.6 Å². The van der Waals surface area contributed by atoms with Gasteiger partial charge in [0.2, 0.25) is 0 Å². The molecule has 1 aliphatic carbocycles. The molecule has 9 nitrogen and oxygen atoms in total. The van der Waals surface area contributed by atoms with Crippen LogP contribution in [0.2, 0.25) is 0 Å². The highest BCUT2D eigenvalue weighted by atomic mass is 16.5. The van der Waals surface area contributed by atoms with Crippen molar-refractivity contribution in [2.45, 2.75) is 47.5 Å². The molecule has 6 N–H and O–H groups in total. The summed E-state index contributed by atoms with van der Waals surface area (Å²) in [5, 5.41) is 24.2. The van der Waals surface area contributed by atoms with E-state index in [0.717, 1.165) is 73.8 Å². The first kappa shape index (κ1) is 28.9. The Morgan fingerprint density at radius 1 is 0.955 bits per heavy atom. The predicted octanol–water partition coefficient (Wildman–Crippen LogP) is 2.77. The number of ether oxygens (including phenoxy) is 1. The molecule has 4 aromatic heterocycles. The summed E-state index contributed by atoms with van der Waals surface area (Å²) in [4.78, 5) is 39.1. The Labute approximate surface area is 253 Å². The number of fused-ring (bicyclic) bond motifs is 8. The van der Waals surface area contributed by atoms with E-state index in [0.29, 0.717) is 33.8 Å². The van der Waals surface area contributed by atoms with Crippen LogP contribution >= 0.6 is 0 Å². The number of aromatic amines is 4. The number of nitrogens with one attached hydrogen (secondary N) is 4. The van der Waals surface area contributed by atoms with Gasteiger partial charge in [0.05, 0.1) is 18.2 Å². The van der Waals surface area contributed by atoms with Crippen LogP contribution in [0.4, 0.5) is 0 Å². The fourth-order valence-corrected chi connectivity index (χ4v) is 6.85. The van der Waals surface area contributed by atoms with Gasteiger partial charge in [0.15, 0.2) is 0 Å². The van der Waals surface area contributed by atoms with Crippen molar-refractivity contribution < 1.29 is 24.5 Å². The van der Waals surface area contributed by atoms with E-state index >= 15 is 0 Å². The van der Waals surface area contributed by atoms with Gasteiger partial charge in [0, 0.05) is 67.9 Å². The summed E-state index contributed by atoms with van der Waals surface area (Å²) in [6, 6.07) is 0. The zero-order chi connectivity index (χ0) is 31.6. The largest absolute Gasteiger partial charge is 0.510 e. The van der Waals surface area contributed by atoms with Gasteiger partial charge >= 0.3 is 11.9 Å². The molecule has 5 heterocycles. The first-order valence-electron chi connectivity index (χ1n) is 14.6. The summed E-state index contributed by atoms with van der Waals surface area (Å²) in [7, 11) is 1.29. The van der Waals surface area contributed by atoms with Gasteiger partial charge in [0.25, 0.3) is 0 Å². The number of methoxy groups -OCH3 is 1. The second kappa shape index (κ2) is 10.5. The Morgan fingerprint density at radius 3 is 2.30 bits per heavy atom. The van der Waals surface area contributed by atoms with Gasteiger partial charge in [-0.2, -0.15) is 0 Å². The number of aliphatic carboxylic acids is 1. The molecule has 0 spiro atoms. The smallest absolute Gasteiger partial charge is 0.328 e. The number of rotatable bonds is 5. The normalized spacial score (nSPS) is 17.0. The fourth-order valence-electron chi connectivity index (χ4n) is 6.85. The zero-order valence-electron chi connectivity index (χ0n) is 25.7. The van der Waals surface area contributed by atoms with Crippen LogP contribution in [0, 0.1) is 33.6 Å². The first-order chi connectivity index (χ1) is 21.0. The minimum Gasteiger partial charge on any atom is -0.510 e. The van der Waals surface area contributed by atoms with Crippen LogP contribution in [0.1, 0.15) is 74.3 Å². The van der Waals surface area contributed by atoms with Crippen LogP contribution in [0.15, 0.2) is 12.7 Å². The summed E-state index contributed by atoms with van der Waals surface area (Å²) >= 11 is 0. The molecule has 1 aliphatic heterocycles. The number of hydrogen-bond acceptors (Lipinski definition) is 4. The molecule has 0 unspecified atom stereocenters. The van der Waals surface area contributed by atoms with Crippen molar-refractivity contribution in [2.24, 2.45) is 5.92 Å². The number of carbonyl (C=O) groups is 2. The Hall–Kier alpha value is -5.18. The summed E-state index contributed by atoms with van der Waals surface area (Å²) in [6.45, 7) is 14.2. The Kier molecular flexibility index (Phi) is 6.91. The molecule has 226 valence electrons. The maximum absolute atomic E-state index is 13.2. The van der Waals surface area contributed by atoms with Gasteiger partial charge in [0.1, 0.15) is 11.7 Å². The van der Waals surface area contributed by atoms with Gasteiger partial charge < -0.3 is 34.9 Å². The van der Waals surface area contributed by atoms with Crippen molar-refractivity contribution in [3.63, 3.8) is 0 Å². The highest BCUT2D eigenvalue weighted by Gasteiger charge is 2.38. The zero-order valence-corrected chi connectivity index (χ0v) is 25.7. The van der Waals surface area contributed by atoms with Gasteiger partial charge in [-0.25, -0.2) is 4.79 Å². The molecule has 0 saturated heterocycles. The number of aromatic nitrogens is 4. The van der Waals surface area contributed by atoms with Gasteiger partial charge in [-0.05, 0) is 80.2 Å². The SMILES string of the molecule is C=Cc1c2[nH]c(c1C)Cc1[nH]c(c(/C=C/C(=O)O)c1C)C1=c3[nH]c(c(C)c3=C(O)[C@@H]1C(=O)OC)/C=c1\[nH]/c(c(C)c1CC)=C\2. The number of carbonyl (C=O) groups excluding carboxylic acids is 1. The molecule has 0 saturated carbocycles. The third kappa shape index (κ3) is 4.22. The Balaban J connectivity index is 1.80. The number of aliphatic hydroxyl groups is 1. The van der Waals surface area contributed by atoms with Crippen LogP contribution in [0.5, 0.6) is 0 Å². The number of carboxylic acid groups (broad SMARTS) is 1. The van der Waals surface area contributed by atoms with Crippen LogP contribution in [-0.4, -0.2) is 49.2 Å². The lowest BCUT2D eigenvalue weighted by molar-refractivity contribution is -0.142. The molecule has 9 heteroatoms. The van der Waals surface area contributed by atoms with Crippen molar-refractivity contribution in [2.75, 3.05) is 7.11 Å². The van der Waals surface area contributed by atoms with E-state index < -0.39 is 17.9 Å². The molecule has 0 amide bonds. The summed E-state index contributed by atoms with van der Waals surface area (Å²) in [6.07, 6.45) is 9.92. The van der Waals surface area contributed by atoms with Crippen molar-refractivity contribution in [1.82, 2.24) is 19.9 Å². The number of esters is 1. The highest BCUT2D eigenvalue weighted by molar-refractivity contribution is 6.00. The van der Waals surface area contributed by atoms with Gasteiger partial charge in [-0.1, -0.05) is 19.6 Å². The minimum atomic E-state index is -1.10. The summed E-state index contributed by atoms with van der Waals surface area (Å²) in [5.41, 5.74) is 11.2. The molecule has 0 aromatic carbocycles. The van der Waals surface area contributed by atoms with Crippen LogP contribution in [0.25, 0.3) is 35.6 Å². The quantitative estimate of drug-likeness (QED) is 0.156. The lowest BCUT2D eigenvalue weighted by Crippen LogP contribution is -2.24. The van der Waals surface area contributed by atoms with E-state index in [1.807, 2.05) is 26.0 Å². The van der Waals surface area contributed by atoms with E-state index in [4.69, 9.17) is 4.74 Å². The van der Waals surface area contributed by atoms with E-state index in [1.165, 1.54) is 18.7 Å². The van der Waals surface area contributed by atoms with E-state index in [9.17, 15) is 19.8 Å². The number of carboxylic acids is 1. The fraction of sp³-hybridized carbons (Fsp3) is 0.257. The highest BCUT2D eigenvalue weighted by Crippen LogP contribution is 2.35. The lowest BCUT2D eigenvalue weighted by atomic mass is 9.94. The average Bonchev–Trinajstić information content (AvgIpc) is 3.72. The van der Waals surface area contributed by atoms with Crippen molar-refractivity contribution in [3.05, 3.63) is 101 Å². The molecule has 8 bridgehead atoms. The standard InChI is InChI=1S/C35H36N4O5/c1-8-19-15(3)22-12-24-17(5)21(10-11-28(40)41)32(38-24)30-31(35(43)44-7)34(42)29-18(6)25(39-33(29)30)14-27-20(9-2)16(4)23(37-27)13-26(19)36-22/h8,10-11,13-14,31,36-39,42H,1,9,12H2,2-7H3,(H,40,41)/b11-10+,23-13-,27-14-/t31-/m1/s1. The predicted molar refractivity (Wildman–Crippen MR) is 171 cm³/mol. The number of aliphatic hydroxyl groups excluding tert-OH is 1. The maximum Gasteiger partial charge on any atom is 0.328 e. The summed E-state index contributed by atoms with van der Waals surface area (Å²) < 4.78 is 5.17. The molecule has 6 rings (SSSR count). The third-order valence-electron chi connectivity index (χ3n) is 9.25. The van der Waals surface area contributed by atoms with Crippen LogP contribution in [0.3, 0.4) is 0 Å². The van der Waals surface area contributed by atoms with Crippen molar-refractivity contribution in [3.8, 4) is 0 Å². The lowest BCUT2D eigenvalue weighted by Gasteiger charge is -2.15. The molecular formula is C35H36N4O5. The topological polar surface area (TPSA) is 147 Å². The average molecular weight is 593 g/mol. The molecule has 4 aromatic rings. The first-order valence-corrected chi connectivity index (χ1v) is 14.6. The Morgan fingerprint density at radius 2 is 1.64 bits per heavy atom. The second-order valence-electron chi connectivity index (χ2n) is 11.5. The molecule has 1 atom stereocenters. The molecule has 0 radical (unpaired) electrons. The van der Waals surface area contributed by atoms with E-state index in [1.54, 1.807) is 0 Å². The maximum atomic E-state index is 13.2.